The maximum atomic E-state index is 12.0. The Bertz CT molecular complexity index is 544. The van der Waals surface area contributed by atoms with E-state index in [0.717, 1.165) is 9.35 Å². The van der Waals surface area contributed by atoms with Crippen LogP contribution in [0.1, 0.15) is 15.2 Å². The summed E-state index contributed by atoms with van der Waals surface area (Å²) >= 11 is 4.81. The number of halogens is 1. The van der Waals surface area contributed by atoms with Gasteiger partial charge in [-0.25, -0.2) is 4.98 Å². The van der Waals surface area contributed by atoms with E-state index >= 15 is 0 Å². The first kappa shape index (κ1) is 13.0. The van der Waals surface area contributed by atoms with Crippen molar-refractivity contribution in [1.82, 2.24) is 15.3 Å². The molecule has 0 aliphatic carbocycles. The maximum Gasteiger partial charge on any atom is 0.255 e. The van der Waals surface area contributed by atoms with Gasteiger partial charge in [0, 0.05) is 28.8 Å². The molecule has 0 fully saturated rings. The van der Waals surface area contributed by atoms with Crippen LogP contribution in [0, 0.1) is 0 Å². The van der Waals surface area contributed by atoms with Crippen LogP contribution in [0.3, 0.4) is 0 Å². The minimum absolute atomic E-state index is 0.165. The monoisotopic (exact) mass is 326 g/mol. The van der Waals surface area contributed by atoms with Gasteiger partial charge in [0.15, 0.2) is 0 Å². The van der Waals surface area contributed by atoms with Crippen LogP contribution < -0.4 is 10.6 Å². The normalized spacial score (nSPS) is 10.1. The van der Waals surface area contributed by atoms with Crippen molar-refractivity contribution in [2.45, 2.75) is 6.54 Å². The Morgan fingerprint density at radius 1 is 1.50 bits per heavy atom. The zero-order valence-corrected chi connectivity index (χ0v) is 12.0. The molecular weight excluding hydrogens is 316 g/mol. The number of nitrogens with zero attached hydrogens (tertiary/aromatic N) is 2. The van der Waals surface area contributed by atoms with E-state index in [1.807, 2.05) is 0 Å². The number of thiazole rings is 1. The predicted molar refractivity (Wildman–Crippen MR) is 74.8 cm³/mol. The highest BCUT2D eigenvalue weighted by atomic mass is 79.9. The fraction of sp³-hybridized carbons (Fsp3) is 0.182. The van der Waals surface area contributed by atoms with Crippen molar-refractivity contribution in [1.29, 1.82) is 0 Å². The zero-order valence-electron chi connectivity index (χ0n) is 9.61. The van der Waals surface area contributed by atoms with Gasteiger partial charge in [-0.3, -0.25) is 9.78 Å². The number of amides is 1. The van der Waals surface area contributed by atoms with Crippen molar-refractivity contribution < 1.29 is 4.79 Å². The van der Waals surface area contributed by atoms with Gasteiger partial charge in [-0.05, 0) is 22.0 Å². The van der Waals surface area contributed by atoms with E-state index in [-0.39, 0.29) is 5.91 Å². The predicted octanol–water partition coefficient (Wildman–Crippen LogP) is 2.27. The van der Waals surface area contributed by atoms with Gasteiger partial charge >= 0.3 is 0 Å². The summed E-state index contributed by atoms with van der Waals surface area (Å²) in [5, 5.41) is 5.73. The summed E-state index contributed by atoms with van der Waals surface area (Å²) in [5.41, 5.74) is 2.25. The van der Waals surface area contributed by atoms with Crippen LogP contribution in [-0.2, 0) is 6.54 Å². The minimum Gasteiger partial charge on any atom is -0.372 e. The van der Waals surface area contributed by atoms with Crippen LogP contribution in [0.25, 0.3) is 0 Å². The molecule has 0 unspecified atom stereocenters. The second kappa shape index (κ2) is 5.92. The standard InChI is InChI=1S/C11H11BrN4OS/c1-13-10-9(2-7(12)3-15-10)11(17)16-5-8-4-14-6-18-8/h2-4,6H,5H2,1H3,(H,13,15)(H,16,17). The lowest BCUT2D eigenvalue weighted by atomic mass is 10.2. The highest BCUT2D eigenvalue weighted by Crippen LogP contribution is 2.17. The highest BCUT2D eigenvalue weighted by molar-refractivity contribution is 9.10. The van der Waals surface area contributed by atoms with Crippen molar-refractivity contribution in [3.05, 3.63) is 38.9 Å². The Morgan fingerprint density at radius 3 is 3.00 bits per heavy atom. The first-order valence-corrected chi connectivity index (χ1v) is 6.87. The molecule has 0 atom stereocenters. The van der Waals surface area contributed by atoms with Gasteiger partial charge < -0.3 is 10.6 Å². The average molecular weight is 327 g/mol. The fourth-order valence-corrected chi connectivity index (χ4v) is 2.27. The summed E-state index contributed by atoms with van der Waals surface area (Å²) in [4.78, 5) is 21.1. The van der Waals surface area contributed by atoms with Crippen molar-refractivity contribution in [2.24, 2.45) is 0 Å². The minimum atomic E-state index is -0.165. The molecule has 0 radical (unpaired) electrons. The first-order chi connectivity index (χ1) is 8.70. The highest BCUT2D eigenvalue weighted by Gasteiger charge is 2.12. The fourth-order valence-electron chi connectivity index (χ4n) is 1.40. The molecule has 94 valence electrons. The largest absolute Gasteiger partial charge is 0.372 e. The first-order valence-electron chi connectivity index (χ1n) is 5.19. The lowest BCUT2D eigenvalue weighted by Gasteiger charge is -2.08. The van der Waals surface area contributed by atoms with Gasteiger partial charge in [0.05, 0.1) is 17.6 Å². The molecule has 7 heteroatoms. The van der Waals surface area contributed by atoms with Gasteiger partial charge in [-0.2, -0.15) is 0 Å². The van der Waals surface area contributed by atoms with Gasteiger partial charge in [0.2, 0.25) is 0 Å². The van der Waals surface area contributed by atoms with E-state index < -0.39 is 0 Å². The second-order valence-electron chi connectivity index (χ2n) is 3.45. The molecule has 0 saturated carbocycles. The number of hydrogen-bond acceptors (Lipinski definition) is 5. The molecule has 0 aliphatic heterocycles. The molecule has 18 heavy (non-hydrogen) atoms. The van der Waals surface area contributed by atoms with Crippen molar-refractivity contribution in [3.8, 4) is 0 Å². The summed E-state index contributed by atoms with van der Waals surface area (Å²) < 4.78 is 0.768. The Kier molecular flexibility index (Phi) is 4.27. The third-order valence-corrected chi connectivity index (χ3v) is 3.46. The molecule has 0 saturated heterocycles. The van der Waals surface area contributed by atoms with Crippen LogP contribution >= 0.6 is 27.3 Å². The second-order valence-corrected chi connectivity index (χ2v) is 5.34. The number of anilines is 1. The molecule has 2 aromatic heterocycles. The van der Waals surface area contributed by atoms with Crippen LogP contribution in [0.2, 0.25) is 0 Å². The topological polar surface area (TPSA) is 66.9 Å². The summed E-state index contributed by atoms with van der Waals surface area (Å²) in [7, 11) is 1.73. The van der Waals surface area contributed by atoms with Crippen LogP contribution in [0.15, 0.2) is 28.4 Å². The maximum absolute atomic E-state index is 12.0. The SMILES string of the molecule is CNc1ncc(Br)cc1C(=O)NCc1cncs1. The molecule has 2 aromatic rings. The molecule has 0 spiro atoms. The van der Waals surface area contributed by atoms with E-state index in [1.165, 1.54) is 11.3 Å². The van der Waals surface area contributed by atoms with Gasteiger partial charge in [0.25, 0.3) is 5.91 Å². The number of rotatable bonds is 4. The molecule has 5 nitrogen and oxygen atoms in total. The van der Waals surface area contributed by atoms with Crippen molar-refractivity contribution in [2.75, 3.05) is 12.4 Å². The van der Waals surface area contributed by atoms with E-state index in [4.69, 9.17) is 0 Å². The Hall–Kier alpha value is -1.47. The van der Waals surface area contributed by atoms with Gasteiger partial charge in [0.1, 0.15) is 5.82 Å². The van der Waals surface area contributed by atoms with Crippen LogP contribution in [0.4, 0.5) is 5.82 Å². The zero-order chi connectivity index (χ0) is 13.0. The Labute approximate surface area is 117 Å². The van der Waals surface area contributed by atoms with Gasteiger partial charge in [-0.1, -0.05) is 0 Å². The third kappa shape index (κ3) is 3.05. The third-order valence-electron chi connectivity index (χ3n) is 2.24. The van der Waals surface area contributed by atoms with E-state index in [2.05, 4.69) is 36.5 Å². The number of hydrogen-bond donors (Lipinski definition) is 2. The molecule has 2 rings (SSSR count). The number of aromatic nitrogens is 2. The Balaban J connectivity index is 2.10. The van der Waals surface area contributed by atoms with Gasteiger partial charge in [-0.15, -0.1) is 11.3 Å². The summed E-state index contributed by atoms with van der Waals surface area (Å²) in [6.45, 7) is 0.471. The number of nitrogens with one attached hydrogen (secondary N) is 2. The number of pyridine rings is 1. The molecule has 1 amide bonds. The van der Waals surface area contributed by atoms with E-state index in [0.29, 0.717) is 17.9 Å². The summed E-state index contributed by atoms with van der Waals surface area (Å²) in [6, 6.07) is 1.74. The van der Waals surface area contributed by atoms with Crippen LogP contribution in [-0.4, -0.2) is 22.9 Å². The smallest absolute Gasteiger partial charge is 0.255 e. The molecular formula is C11H11BrN4OS. The lowest BCUT2D eigenvalue weighted by molar-refractivity contribution is 0.0951. The molecule has 0 aromatic carbocycles. The summed E-state index contributed by atoms with van der Waals surface area (Å²) in [5.74, 6) is 0.390. The van der Waals surface area contributed by atoms with Crippen LogP contribution in [0.5, 0.6) is 0 Å². The lowest BCUT2D eigenvalue weighted by Crippen LogP contribution is -2.23. The number of carbonyl (C=O) groups is 1. The van der Waals surface area contributed by atoms with Crippen molar-refractivity contribution >= 4 is 39.0 Å². The molecule has 0 bridgehead atoms. The number of carbonyl (C=O) groups excluding carboxylic acids is 1. The van der Waals surface area contributed by atoms with E-state index in [9.17, 15) is 4.79 Å². The molecule has 0 aliphatic rings. The molecule has 2 heterocycles. The molecule has 2 N–H and O–H groups in total. The quantitative estimate of drug-likeness (QED) is 0.904. The van der Waals surface area contributed by atoms with E-state index in [1.54, 1.807) is 31.0 Å². The average Bonchev–Trinajstić information content (AvgIpc) is 2.89. The summed E-state index contributed by atoms with van der Waals surface area (Å²) in [6.07, 6.45) is 3.38. The Morgan fingerprint density at radius 2 is 2.33 bits per heavy atom. The van der Waals surface area contributed by atoms with Crippen molar-refractivity contribution in [3.63, 3.8) is 0 Å².